The Morgan fingerprint density at radius 1 is 1.26 bits per heavy atom. The lowest BCUT2D eigenvalue weighted by molar-refractivity contribution is 0.0204. The Morgan fingerprint density at radius 3 is 2.53 bits per heavy atom. The molecule has 19 heavy (non-hydrogen) atoms. The van der Waals surface area contributed by atoms with E-state index in [1.807, 2.05) is 6.92 Å². The third kappa shape index (κ3) is 5.42. The summed E-state index contributed by atoms with van der Waals surface area (Å²) in [7, 11) is 0. The van der Waals surface area contributed by atoms with Crippen molar-refractivity contribution in [1.82, 2.24) is 0 Å². The summed E-state index contributed by atoms with van der Waals surface area (Å²) in [5.41, 5.74) is -1.10. The molecule has 0 aliphatic heterocycles. The largest absolute Gasteiger partial charge is 0.514 e. The molecule has 0 N–H and O–H groups in total. The fourth-order valence-electron chi connectivity index (χ4n) is 1.26. The van der Waals surface area contributed by atoms with Gasteiger partial charge in [0.1, 0.15) is 11.4 Å². The van der Waals surface area contributed by atoms with E-state index in [1.54, 1.807) is 26.8 Å². The molecule has 0 saturated carbocycles. The Balaban J connectivity index is 2.94. The van der Waals surface area contributed by atoms with Crippen molar-refractivity contribution >= 4 is 6.16 Å². The van der Waals surface area contributed by atoms with Crippen molar-refractivity contribution in [2.75, 3.05) is 6.61 Å². The topological polar surface area (TPSA) is 61.8 Å². The normalized spacial score (nSPS) is 10.7. The van der Waals surface area contributed by atoms with E-state index in [0.717, 1.165) is 0 Å². The van der Waals surface area contributed by atoms with E-state index in [0.29, 0.717) is 12.4 Å². The molecule has 0 radical (unpaired) electrons. The van der Waals surface area contributed by atoms with Gasteiger partial charge < -0.3 is 14.2 Å². The molecule has 0 fully saturated rings. The molecule has 0 amide bonds. The standard InChI is InChI=1S/C14H18O5/c1-5-17-10-7-6-8-11(15)12(9-10)18-13(16)19-14(2,3)4/h6-9H,5H2,1-4H3. The third-order valence-electron chi connectivity index (χ3n) is 1.92. The zero-order chi connectivity index (χ0) is 14.5. The number of carbonyl (C=O) groups is 1. The Kier molecular flexibility index (Phi) is 4.92. The monoisotopic (exact) mass is 266 g/mol. The van der Waals surface area contributed by atoms with Crippen LogP contribution < -0.4 is 14.9 Å². The highest BCUT2D eigenvalue weighted by Gasteiger charge is 2.19. The van der Waals surface area contributed by atoms with Crippen LogP contribution in [-0.4, -0.2) is 18.4 Å². The summed E-state index contributed by atoms with van der Waals surface area (Å²) >= 11 is 0. The SMILES string of the molecule is CCOc1cccc(=O)c(OC(=O)OC(C)(C)C)c1. The molecule has 1 rings (SSSR count). The quantitative estimate of drug-likeness (QED) is 0.787. The Morgan fingerprint density at radius 2 is 1.95 bits per heavy atom. The third-order valence-corrected chi connectivity index (χ3v) is 1.92. The van der Waals surface area contributed by atoms with E-state index in [9.17, 15) is 9.59 Å². The molecule has 0 aromatic heterocycles. The maximum Gasteiger partial charge on any atom is 0.514 e. The van der Waals surface area contributed by atoms with Crippen LogP contribution in [0.4, 0.5) is 4.79 Å². The summed E-state index contributed by atoms with van der Waals surface area (Å²) in [5.74, 6) is 0.325. The van der Waals surface area contributed by atoms with Crippen LogP contribution in [-0.2, 0) is 4.74 Å². The first-order valence-electron chi connectivity index (χ1n) is 6.00. The summed E-state index contributed by atoms with van der Waals surface area (Å²) < 4.78 is 15.2. The maximum absolute atomic E-state index is 11.7. The molecule has 0 atom stereocenters. The molecular formula is C14H18O5. The van der Waals surface area contributed by atoms with E-state index >= 15 is 0 Å². The summed E-state index contributed by atoms with van der Waals surface area (Å²) in [4.78, 5) is 23.2. The van der Waals surface area contributed by atoms with Crippen LogP contribution in [0, 0.1) is 0 Å². The number of carbonyl (C=O) groups excluding carboxylic acids is 1. The van der Waals surface area contributed by atoms with E-state index < -0.39 is 17.2 Å². The summed E-state index contributed by atoms with van der Waals surface area (Å²) in [6.07, 6.45) is -0.918. The van der Waals surface area contributed by atoms with Crippen LogP contribution in [0.3, 0.4) is 0 Å². The van der Waals surface area contributed by atoms with E-state index in [2.05, 4.69) is 0 Å². The summed E-state index contributed by atoms with van der Waals surface area (Å²) in [5, 5.41) is 0. The minimum atomic E-state index is -0.918. The molecule has 5 nitrogen and oxygen atoms in total. The molecular weight excluding hydrogens is 248 g/mol. The molecule has 5 heteroatoms. The Hall–Kier alpha value is -2.04. The lowest BCUT2D eigenvalue weighted by atomic mass is 10.2. The minimum Gasteiger partial charge on any atom is -0.494 e. The summed E-state index contributed by atoms with van der Waals surface area (Å²) in [6.45, 7) is 7.40. The van der Waals surface area contributed by atoms with Gasteiger partial charge >= 0.3 is 6.16 Å². The van der Waals surface area contributed by atoms with E-state index in [4.69, 9.17) is 14.2 Å². The van der Waals surface area contributed by atoms with Crippen molar-refractivity contribution in [1.29, 1.82) is 0 Å². The smallest absolute Gasteiger partial charge is 0.494 e. The van der Waals surface area contributed by atoms with Crippen molar-refractivity contribution in [3.05, 3.63) is 34.5 Å². The number of hydrogen-bond donors (Lipinski definition) is 0. The predicted molar refractivity (Wildman–Crippen MR) is 70.7 cm³/mol. The lowest BCUT2D eigenvalue weighted by Crippen LogP contribution is -2.26. The van der Waals surface area contributed by atoms with Gasteiger partial charge in [-0.25, -0.2) is 4.79 Å². The van der Waals surface area contributed by atoms with Gasteiger partial charge in [0.25, 0.3) is 0 Å². The van der Waals surface area contributed by atoms with Gasteiger partial charge in [0.2, 0.25) is 5.43 Å². The molecule has 0 saturated heterocycles. The van der Waals surface area contributed by atoms with Crippen LogP contribution in [0.25, 0.3) is 0 Å². The molecule has 0 unspecified atom stereocenters. The van der Waals surface area contributed by atoms with Crippen LogP contribution in [0.5, 0.6) is 11.5 Å². The molecule has 0 spiro atoms. The fraction of sp³-hybridized carbons (Fsp3) is 0.429. The molecule has 0 heterocycles. The summed E-state index contributed by atoms with van der Waals surface area (Å²) in [6, 6.07) is 5.82. The van der Waals surface area contributed by atoms with Crippen molar-refractivity contribution in [3.8, 4) is 11.5 Å². The fourth-order valence-corrected chi connectivity index (χ4v) is 1.26. The highest BCUT2D eigenvalue weighted by Crippen LogP contribution is 2.16. The van der Waals surface area contributed by atoms with Gasteiger partial charge in [-0.1, -0.05) is 6.07 Å². The molecule has 104 valence electrons. The highest BCUT2D eigenvalue weighted by atomic mass is 16.7. The number of hydrogen-bond acceptors (Lipinski definition) is 5. The van der Waals surface area contributed by atoms with Crippen molar-refractivity contribution < 1.29 is 19.0 Å². The van der Waals surface area contributed by atoms with Crippen LogP contribution in [0.2, 0.25) is 0 Å². The molecule has 0 aliphatic carbocycles. The van der Waals surface area contributed by atoms with Crippen LogP contribution in [0.15, 0.2) is 29.1 Å². The zero-order valence-corrected chi connectivity index (χ0v) is 11.6. The van der Waals surface area contributed by atoms with Gasteiger partial charge in [0.15, 0.2) is 5.75 Å². The van der Waals surface area contributed by atoms with Crippen LogP contribution in [0.1, 0.15) is 27.7 Å². The van der Waals surface area contributed by atoms with E-state index in [-0.39, 0.29) is 5.75 Å². The van der Waals surface area contributed by atoms with Gasteiger partial charge in [-0.2, -0.15) is 0 Å². The lowest BCUT2D eigenvalue weighted by Gasteiger charge is -2.18. The van der Waals surface area contributed by atoms with Crippen molar-refractivity contribution in [2.45, 2.75) is 33.3 Å². The van der Waals surface area contributed by atoms with Crippen molar-refractivity contribution in [3.63, 3.8) is 0 Å². The van der Waals surface area contributed by atoms with Gasteiger partial charge in [0.05, 0.1) is 6.61 Å². The predicted octanol–water partition coefficient (Wildman–Crippen LogP) is 2.76. The first-order valence-corrected chi connectivity index (χ1v) is 6.00. The second-order valence-electron chi connectivity index (χ2n) is 4.80. The average molecular weight is 266 g/mol. The van der Waals surface area contributed by atoms with Gasteiger partial charge in [-0.05, 0) is 39.8 Å². The molecule has 1 aromatic rings. The molecule has 1 aromatic carbocycles. The van der Waals surface area contributed by atoms with Gasteiger partial charge in [0, 0.05) is 6.07 Å². The maximum atomic E-state index is 11.7. The van der Waals surface area contributed by atoms with Crippen LogP contribution >= 0.6 is 0 Å². The number of rotatable bonds is 3. The average Bonchev–Trinajstić information content (AvgIpc) is 2.40. The zero-order valence-electron chi connectivity index (χ0n) is 11.6. The molecule has 0 aliphatic rings. The second-order valence-corrected chi connectivity index (χ2v) is 4.80. The van der Waals surface area contributed by atoms with Crippen molar-refractivity contribution in [2.24, 2.45) is 0 Å². The molecule has 0 bridgehead atoms. The minimum absolute atomic E-state index is 0.122. The van der Waals surface area contributed by atoms with E-state index in [1.165, 1.54) is 18.2 Å². The number of ether oxygens (including phenoxy) is 3. The first-order chi connectivity index (χ1) is 8.81. The second kappa shape index (κ2) is 6.22. The Labute approximate surface area is 112 Å². The first kappa shape index (κ1) is 15.0. The van der Waals surface area contributed by atoms with Gasteiger partial charge in [-0.3, -0.25) is 4.79 Å². The van der Waals surface area contributed by atoms with Gasteiger partial charge in [-0.15, -0.1) is 0 Å². The highest BCUT2D eigenvalue weighted by molar-refractivity contribution is 5.64. The Bertz CT molecular complexity index is 502.